The lowest BCUT2D eigenvalue weighted by atomic mass is 10.0. The highest BCUT2D eigenvalue weighted by Crippen LogP contribution is 2.37. The third-order valence-corrected chi connectivity index (χ3v) is 3.73. The Balaban J connectivity index is 2.00. The number of halogens is 1. The van der Waals surface area contributed by atoms with Gasteiger partial charge in [0.2, 0.25) is 0 Å². The molecule has 1 heterocycles. The Morgan fingerprint density at radius 1 is 1.23 bits per heavy atom. The van der Waals surface area contributed by atoms with Gasteiger partial charge in [0.15, 0.2) is 5.78 Å². The summed E-state index contributed by atoms with van der Waals surface area (Å²) < 4.78 is 5.10. The molecule has 0 bridgehead atoms. The molecule has 0 radical (unpaired) electrons. The molecule has 0 unspecified atom stereocenters. The van der Waals surface area contributed by atoms with Crippen LogP contribution in [0.2, 0.25) is 5.02 Å². The largest absolute Gasteiger partial charge is 0.497 e. The van der Waals surface area contributed by atoms with Gasteiger partial charge in [0.25, 0.3) is 5.91 Å². The highest BCUT2D eigenvalue weighted by molar-refractivity contribution is 6.40. The average Bonchev–Trinajstić information content (AvgIpc) is 2.85. The molecule has 0 aliphatic carbocycles. The van der Waals surface area contributed by atoms with E-state index in [0.717, 1.165) is 0 Å². The predicted molar refractivity (Wildman–Crippen MR) is 85.4 cm³/mol. The van der Waals surface area contributed by atoms with Crippen LogP contribution in [0.15, 0.2) is 48.5 Å². The molecule has 0 atom stereocenters. The van der Waals surface area contributed by atoms with E-state index >= 15 is 0 Å². The number of benzene rings is 2. The first-order valence-corrected chi connectivity index (χ1v) is 6.98. The van der Waals surface area contributed by atoms with Crippen molar-refractivity contribution in [3.05, 3.63) is 64.7 Å². The maximum absolute atomic E-state index is 12.4. The normalized spacial score (nSPS) is 14.6. The Morgan fingerprint density at radius 3 is 2.77 bits per heavy atom. The third kappa shape index (κ3) is 2.49. The molecule has 1 amide bonds. The van der Waals surface area contributed by atoms with Crippen LogP contribution in [0.3, 0.4) is 0 Å². The summed E-state index contributed by atoms with van der Waals surface area (Å²) in [5, 5.41) is 3.13. The van der Waals surface area contributed by atoms with E-state index in [2.05, 4.69) is 5.32 Å². The van der Waals surface area contributed by atoms with Crippen LogP contribution in [0.5, 0.6) is 5.75 Å². The minimum atomic E-state index is -0.334. The Labute approximate surface area is 132 Å². The van der Waals surface area contributed by atoms with Crippen molar-refractivity contribution in [1.29, 1.82) is 0 Å². The fourth-order valence-electron chi connectivity index (χ4n) is 2.31. The Hall–Kier alpha value is -2.59. The van der Waals surface area contributed by atoms with Gasteiger partial charge in [0, 0.05) is 11.1 Å². The molecule has 4 nitrogen and oxygen atoms in total. The lowest BCUT2D eigenvalue weighted by molar-refractivity contribution is -0.110. The molecule has 0 aromatic heterocycles. The third-order valence-electron chi connectivity index (χ3n) is 3.42. The molecule has 0 saturated heterocycles. The van der Waals surface area contributed by atoms with Gasteiger partial charge in [-0.25, -0.2) is 0 Å². The molecule has 1 aliphatic heterocycles. The van der Waals surface area contributed by atoms with Crippen LogP contribution < -0.4 is 10.1 Å². The van der Waals surface area contributed by atoms with Gasteiger partial charge in [-0.15, -0.1) is 0 Å². The van der Waals surface area contributed by atoms with Crippen molar-refractivity contribution in [3.8, 4) is 5.75 Å². The molecular weight excluding hydrogens is 302 g/mol. The molecule has 22 heavy (non-hydrogen) atoms. The SMILES string of the molecule is COc1cccc(C(=O)C=C2C(=O)Nc3c(Cl)cccc32)c1. The smallest absolute Gasteiger partial charge is 0.256 e. The number of allylic oxidation sites excluding steroid dienone is 1. The number of rotatable bonds is 3. The van der Waals surface area contributed by atoms with Gasteiger partial charge in [-0.05, 0) is 24.3 Å². The summed E-state index contributed by atoms with van der Waals surface area (Å²) in [6, 6.07) is 12.0. The molecule has 1 aliphatic rings. The van der Waals surface area contributed by atoms with Crippen LogP contribution in [0, 0.1) is 0 Å². The summed E-state index contributed by atoms with van der Waals surface area (Å²) in [7, 11) is 1.53. The molecule has 2 aromatic carbocycles. The maximum Gasteiger partial charge on any atom is 0.256 e. The molecule has 110 valence electrons. The van der Waals surface area contributed by atoms with E-state index in [1.165, 1.54) is 13.2 Å². The van der Waals surface area contributed by atoms with Gasteiger partial charge >= 0.3 is 0 Å². The van der Waals surface area contributed by atoms with Crippen molar-refractivity contribution in [2.75, 3.05) is 12.4 Å². The highest BCUT2D eigenvalue weighted by Gasteiger charge is 2.26. The fraction of sp³-hybridized carbons (Fsp3) is 0.0588. The molecule has 1 N–H and O–H groups in total. The van der Waals surface area contributed by atoms with Crippen LogP contribution in [-0.2, 0) is 4.79 Å². The zero-order chi connectivity index (χ0) is 15.7. The van der Waals surface area contributed by atoms with Crippen LogP contribution in [0.25, 0.3) is 5.57 Å². The van der Waals surface area contributed by atoms with E-state index < -0.39 is 0 Å². The van der Waals surface area contributed by atoms with Crippen molar-refractivity contribution >= 4 is 34.6 Å². The number of fused-ring (bicyclic) bond motifs is 1. The number of anilines is 1. The summed E-state index contributed by atoms with van der Waals surface area (Å²) in [6.07, 6.45) is 1.33. The number of hydrogen-bond acceptors (Lipinski definition) is 3. The molecule has 3 rings (SSSR count). The summed E-state index contributed by atoms with van der Waals surface area (Å²) >= 11 is 6.05. The number of nitrogens with one attached hydrogen (secondary N) is 1. The minimum Gasteiger partial charge on any atom is -0.497 e. The number of para-hydroxylation sites is 1. The average molecular weight is 314 g/mol. The maximum atomic E-state index is 12.4. The Kier molecular flexibility index (Phi) is 3.69. The zero-order valence-electron chi connectivity index (χ0n) is 11.7. The lowest BCUT2D eigenvalue weighted by Crippen LogP contribution is -2.06. The van der Waals surface area contributed by atoms with Gasteiger partial charge in [-0.2, -0.15) is 0 Å². The van der Waals surface area contributed by atoms with Gasteiger partial charge in [-0.3, -0.25) is 9.59 Å². The fourth-order valence-corrected chi connectivity index (χ4v) is 2.53. The van der Waals surface area contributed by atoms with Gasteiger partial charge < -0.3 is 10.1 Å². The molecular formula is C17H12ClNO3. The molecule has 0 spiro atoms. The van der Waals surface area contributed by atoms with E-state index in [4.69, 9.17) is 16.3 Å². The number of amides is 1. The summed E-state index contributed by atoms with van der Waals surface area (Å²) in [6.45, 7) is 0. The van der Waals surface area contributed by atoms with Gasteiger partial charge in [-0.1, -0.05) is 35.9 Å². The summed E-state index contributed by atoms with van der Waals surface area (Å²) in [5.74, 6) is -0.0141. The first kappa shape index (κ1) is 14.4. The van der Waals surface area contributed by atoms with Crippen LogP contribution in [-0.4, -0.2) is 18.8 Å². The summed E-state index contributed by atoms with van der Waals surface area (Å²) in [5.41, 5.74) is 1.94. The predicted octanol–water partition coefficient (Wildman–Crippen LogP) is 3.57. The number of carbonyl (C=O) groups is 2. The zero-order valence-corrected chi connectivity index (χ0v) is 12.5. The van der Waals surface area contributed by atoms with Crippen molar-refractivity contribution < 1.29 is 14.3 Å². The van der Waals surface area contributed by atoms with E-state index in [1.807, 2.05) is 0 Å². The Morgan fingerprint density at radius 2 is 2.00 bits per heavy atom. The highest BCUT2D eigenvalue weighted by atomic mass is 35.5. The van der Waals surface area contributed by atoms with E-state index in [1.54, 1.807) is 42.5 Å². The van der Waals surface area contributed by atoms with Crippen molar-refractivity contribution in [2.45, 2.75) is 0 Å². The van der Waals surface area contributed by atoms with Crippen molar-refractivity contribution in [2.24, 2.45) is 0 Å². The van der Waals surface area contributed by atoms with Gasteiger partial charge in [0.1, 0.15) is 5.75 Å². The quantitative estimate of drug-likeness (QED) is 0.696. The molecule has 5 heteroatoms. The van der Waals surface area contributed by atoms with Crippen LogP contribution in [0.1, 0.15) is 15.9 Å². The number of ether oxygens (including phenoxy) is 1. The minimum absolute atomic E-state index is 0.267. The standard InChI is InChI=1S/C17H12ClNO3/c1-22-11-5-2-4-10(8-11)15(20)9-13-12-6-3-7-14(18)16(12)19-17(13)21/h2-9H,1H3,(H,19,21). The number of hydrogen-bond donors (Lipinski definition) is 1. The first-order chi connectivity index (χ1) is 10.6. The number of carbonyl (C=O) groups excluding carboxylic acids is 2. The van der Waals surface area contributed by atoms with Crippen LogP contribution in [0.4, 0.5) is 5.69 Å². The van der Waals surface area contributed by atoms with Crippen molar-refractivity contribution in [3.63, 3.8) is 0 Å². The Bertz CT molecular complexity index is 811. The second kappa shape index (κ2) is 5.66. The topological polar surface area (TPSA) is 55.4 Å². The van der Waals surface area contributed by atoms with Gasteiger partial charge in [0.05, 0.1) is 23.4 Å². The number of ketones is 1. The first-order valence-electron chi connectivity index (χ1n) is 6.60. The van der Waals surface area contributed by atoms with Crippen molar-refractivity contribution in [1.82, 2.24) is 0 Å². The van der Waals surface area contributed by atoms with E-state index in [9.17, 15) is 9.59 Å². The van der Waals surface area contributed by atoms with Crippen LogP contribution >= 0.6 is 11.6 Å². The molecule has 0 saturated carbocycles. The lowest BCUT2D eigenvalue weighted by Gasteiger charge is -2.02. The van der Waals surface area contributed by atoms with E-state index in [-0.39, 0.29) is 11.7 Å². The summed E-state index contributed by atoms with van der Waals surface area (Å²) in [4.78, 5) is 24.4. The second-order valence-electron chi connectivity index (χ2n) is 4.77. The number of methoxy groups -OCH3 is 1. The monoisotopic (exact) mass is 313 g/mol. The molecule has 2 aromatic rings. The van der Waals surface area contributed by atoms with E-state index in [0.29, 0.717) is 33.2 Å². The second-order valence-corrected chi connectivity index (χ2v) is 5.18. The molecule has 0 fully saturated rings.